The lowest BCUT2D eigenvalue weighted by atomic mass is 10.1. The monoisotopic (exact) mass is 179 g/mol. The third-order valence-electron chi connectivity index (χ3n) is 3.04. The van der Waals surface area contributed by atoms with Crippen molar-refractivity contribution in [3.8, 4) is 5.88 Å². The molecule has 1 fully saturated rings. The molecule has 13 heavy (non-hydrogen) atoms. The minimum atomic E-state index is 0.422. The van der Waals surface area contributed by atoms with E-state index in [2.05, 4.69) is 5.10 Å². The molecule has 0 bridgehead atoms. The first kappa shape index (κ1) is 7.38. The summed E-state index contributed by atoms with van der Waals surface area (Å²) in [6, 6.07) is 0. The van der Waals surface area contributed by atoms with Crippen LogP contribution in [-0.2, 0) is 13.1 Å². The fraction of sp³-hybridized carbons (Fsp3) is 0.667. The van der Waals surface area contributed by atoms with Crippen LogP contribution in [0, 0.1) is 5.41 Å². The molecular weight excluding hydrogens is 166 g/mol. The van der Waals surface area contributed by atoms with Crippen molar-refractivity contribution in [2.45, 2.75) is 25.9 Å². The second-order valence-corrected chi connectivity index (χ2v) is 4.13. The Bertz CT molecular complexity index is 341. The van der Waals surface area contributed by atoms with Gasteiger partial charge in [-0.05, 0) is 12.8 Å². The maximum Gasteiger partial charge on any atom is 0.216 e. The second kappa shape index (κ2) is 2.26. The third-order valence-corrected chi connectivity index (χ3v) is 3.04. The molecule has 0 aromatic carbocycles. The normalized spacial score (nSPS) is 22.5. The average Bonchev–Trinajstić information content (AvgIpc) is 2.78. The zero-order valence-electron chi connectivity index (χ0n) is 7.49. The fourth-order valence-corrected chi connectivity index (χ4v) is 1.90. The summed E-state index contributed by atoms with van der Waals surface area (Å²) in [5.41, 5.74) is 7.01. The summed E-state index contributed by atoms with van der Waals surface area (Å²) in [5, 5.41) is 4.27. The van der Waals surface area contributed by atoms with Gasteiger partial charge in [-0.2, -0.15) is 5.10 Å². The Morgan fingerprint density at radius 3 is 3.15 bits per heavy atom. The first-order valence-electron chi connectivity index (χ1n) is 4.71. The second-order valence-electron chi connectivity index (χ2n) is 4.13. The molecule has 4 heteroatoms. The highest BCUT2D eigenvalue weighted by molar-refractivity contribution is 5.26. The summed E-state index contributed by atoms with van der Waals surface area (Å²) >= 11 is 0. The molecule has 0 radical (unpaired) electrons. The van der Waals surface area contributed by atoms with Gasteiger partial charge in [0.15, 0.2) is 0 Å². The molecular formula is C9H13N3O. The maximum absolute atomic E-state index is 5.68. The molecule has 0 atom stereocenters. The predicted octanol–water partition coefficient (Wildman–Crippen LogP) is 0.514. The van der Waals surface area contributed by atoms with Gasteiger partial charge in [-0.25, -0.2) is 4.68 Å². The van der Waals surface area contributed by atoms with E-state index in [0.717, 1.165) is 24.6 Å². The third kappa shape index (κ3) is 0.983. The summed E-state index contributed by atoms with van der Waals surface area (Å²) in [4.78, 5) is 0. The number of fused-ring (bicyclic) bond motifs is 1. The largest absolute Gasteiger partial charge is 0.477 e. The number of rotatable bonds is 1. The summed E-state index contributed by atoms with van der Waals surface area (Å²) in [7, 11) is 0. The van der Waals surface area contributed by atoms with Crippen LogP contribution in [0.1, 0.15) is 18.4 Å². The van der Waals surface area contributed by atoms with Crippen LogP contribution in [0.3, 0.4) is 0 Å². The van der Waals surface area contributed by atoms with Gasteiger partial charge in [-0.15, -0.1) is 0 Å². The Labute approximate surface area is 76.7 Å². The zero-order valence-corrected chi connectivity index (χ0v) is 7.49. The van der Waals surface area contributed by atoms with Gasteiger partial charge in [0.05, 0.1) is 19.3 Å². The Morgan fingerprint density at radius 2 is 2.46 bits per heavy atom. The van der Waals surface area contributed by atoms with Crippen LogP contribution in [0.2, 0.25) is 0 Å². The van der Waals surface area contributed by atoms with E-state index in [1.165, 1.54) is 12.8 Å². The van der Waals surface area contributed by atoms with E-state index in [1.807, 2.05) is 10.9 Å². The van der Waals surface area contributed by atoms with Crippen molar-refractivity contribution in [2.75, 3.05) is 6.61 Å². The molecule has 4 nitrogen and oxygen atoms in total. The first-order valence-corrected chi connectivity index (χ1v) is 4.71. The fourth-order valence-electron chi connectivity index (χ4n) is 1.90. The van der Waals surface area contributed by atoms with E-state index in [9.17, 15) is 0 Å². The number of nitrogens with zero attached hydrogens (tertiary/aromatic N) is 2. The summed E-state index contributed by atoms with van der Waals surface area (Å²) in [5.74, 6) is 0.889. The van der Waals surface area contributed by atoms with Gasteiger partial charge < -0.3 is 10.5 Å². The van der Waals surface area contributed by atoms with Crippen molar-refractivity contribution >= 4 is 0 Å². The van der Waals surface area contributed by atoms with Crippen molar-refractivity contribution in [1.82, 2.24) is 9.78 Å². The quantitative estimate of drug-likeness (QED) is 0.683. The van der Waals surface area contributed by atoms with Gasteiger partial charge >= 0.3 is 0 Å². The van der Waals surface area contributed by atoms with Gasteiger partial charge in [-0.1, -0.05) is 0 Å². The molecule has 0 saturated heterocycles. The first-order chi connectivity index (χ1) is 6.33. The molecule has 1 spiro atoms. The van der Waals surface area contributed by atoms with Gasteiger partial charge in [0.25, 0.3) is 0 Å². The van der Waals surface area contributed by atoms with E-state index < -0.39 is 0 Å². The van der Waals surface area contributed by atoms with E-state index in [-0.39, 0.29) is 0 Å². The zero-order chi connectivity index (χ0) is 8.89. The van der Waals surface area contributed by atoms with Crippen LogP contribution in [0.4, 0.5) is 0 Å². The SMILES string of the molecule is NCc1cnn2c1OCC1(CC1)C2. The van der Waals surface area contributed by atoms with Crippen molar-refractivity contribution < 1.29 is 4.74 Å². The lowest BCUT2D eigenvalue weighted by Crippen LogP contribution is -2.27. The predicted molar refractivity (Wildman–Crippen MR) is 47.3 cm³/mol. The van der Waals surface area contributed by atoms with Gasteiger partial charge in [0, 0.05) is 17.5 Å². The number of nitrogens with two attached hydrogens (primary N) is 1. The van der Waals surface area contributed by atoms with Crippen LogP contribution in [0.5, 0.6) is 5.88 Å². The van der Waals surface area contributed by atoms with Crippen molar-refractivity contribution in [2.24, 2.45) is 11.1 Å². The van der Waals surface area contributed by atoms with Crippen molar-refractivity contribution in [1.29, 1.82) is 0 Å². The highest BCUT2D eigenvalue weighted by atomic mass is 16.5. The Hall–Kier alpha value is -1.03. The van der Waals surface area contributed by atoms with Crippen LogP contribution in [0.25, 0.3) is 0 Å². The molecule has 0 amide bonds. The number of hydrogen-bond donors (Lipinski definition) is 1. The number of hydrogen-bond acceptors (Lipinski definition) is 3. The highest BCUT2D eigenvalue weighted by Gasteiger charge is 2.47. The molecule has 1 aliphatic carbocycles. The molecule has 1 aromatic heterocycles. The smallest absolute Gasteiger partial charge is 0.216 e. The Kier molecular flexibility index (Phi) is 1.28. The molecule has 0 unspecified atom stereocenters. The summed E-state index contributed by atoms with van der Waals surface area (Å²) < 4.78 is 7.64. The highest BCUT2D eigenvalue weighted by Crippen LogP contribution is 2.50. The van der Waals surface area contributed by atoms with E-state index in [1.54, 1.807) is 0 Å². The van der Waals surface area contributed by atoms with E-state index >= 15 is 0 Å². The van der Waals surface area contributed by atoms with Gasteiger partial charge in [-0.3, -0.25) is 0 Å². The van der Waals surface area contributed by atoms with Gasteiger partial charge in [0.2, 0.25) is 5.88 Å². The van der Waals surface area contributed by atoms with E-state index in [0.29, 0.717) is 12.0 Å². The van der Waals surface area contributed by atoms with Crippen LogP contribution >= 0.6 is 0 Å². The lowest BCUT2D eigenvalue weighted by molar-refractivity contribution is 0.147. The van der Waals surface area contributed by atoms with Crippen LogP contribution in [0.15, 0.2) is 6.20 Å². The van der Waals surface area contributed by atoms with E-state index in [4.69, 9.17) is 10.5 Å². The lowest BCUT2D eigenvalue weighted by Gasteiger charge is -2.24. The van der Waals surface area contributed by atoms with Crippen molar-refractivity contribution in [3.05, 3.63) is 11.8 Å². The molecule has 2 heterocycles. The molecule has 70 valence electrons. The number of aromatic nitrogens is 2. The molecule has 1 aromatic rings. The molecule has 1 saturated carbocycles. The van der Waals surface area contributed by atoms with Crippen molar-refractivity contribution in [3.63, 3.8) is 0 Å². The molecule has 2 aliphatic rings. The molecule has 2 N–H and O–H groups in total. The van der Waals surface area contributed by atoms with Crippen LogP contribution in [-0.4, -0.2) is 16.4 Å². The summed E-state index contributed by atoms with van der Waals surface area (Å²) in [6.45, 7) is 2.39. The number of ether oxygens (including phenoxy) is 1. The topological polar surface area (TPSA) is 53.1 Å². The van der Waals surface area contributed by atoms with Crippen LogP contribution < -0.4 is 10.5 Å². The summed E-state index contributed by atoms with van der Waals surface area (Å²) in [6.07, 6.45) is 4.38. The minimum absolute atomic E-state index is 0.422. The minimum Gasteiger partial charge on any atom is -0.477 e. The molecule has 1 aliphatic heterocycles. The average molecular weight is 179 g/mol. The van der Waals surface area contributed by atoms with Gasteiger partial charge in [0.1, 0.15) is 0 Å². The maximum atomic E-state index is 5.68. The Morgan fingerprint density at radius 1 is 1.62 bits per heavy atom. The Balaban J connectivity index is 1.97. The standard InChI is InChI=1S/C9H13N3O/c10-3-7-4-11-12-5-9(1-2-9)6-13-8(7)12/h4H,1-3,5-6,10H2. The molecule has 3 rings (SSSR count).